The number of aromatic nitrogens is 1. The molecule has 2 aliphatic heterocycles. The molecule has 5 heteroatoms. The summed E-state index contributed by atoms with van der Waals surface area (Å²) in [6.45, 7) is 6.15. The lowest BCUT2D eigenvalue weighted by atomic mass is 9.95. The second-order valence-corrected chi connectivity index (χ2v) is 7.92. The third-order valence-corrected chi connectivity index (χ3v) is 5.54. The number of halogens is 1. The highest BCUT2D eigenvalue weighted by Crippen LogP contribution is 2.22. The van der Waals surface area contributed by atoms with Crippen molar-refractivity contribution in [2.45, 2.75) is 31.8 Å². The molecule has 1 aromatic heterocycles. The Labute approximate surface area is 147 Å². The van der Waals surface area contributed by atoms with Gasteiger partial charge in [-0.2, -0.15) is 0 Å². The van der Waals surface area contributed by atoms with E-state index in [0.29, 0.717) is 6.10 Å². The number of pyridine rings is 1. The van der Waals surface area contributed by atoms with Crippen LogP contribution in [-0.4, -0.2) is 60.7 Å². The Hall–Kier alpha value is -0.400. The quantitative estimate of drug-likeness (QED) is 0.708. The molecule has 0 aromatic carbocycles. The Balaban J connectivity index is 1.40. The second-order valence-electron chi connectivity index (χ2n) is 6.68. The molecule has 0 spiro atoms. The summed E-state index contributed by atoms with van der Waals surface area (Å²) in [4.78, 5) is 9.39. The van der Waals surface area contributed by atoms with Crippen molar-refractivity contribution in [1.82, 2.24) is 14.8 Å². The molecule has 0 aliphatic carbocycles. The number of ether oxygens (including phenoxy) is 1. The molecule has 0 unspecified atom stereocenters. The minimum atomic E-state index is 0.333. The lowest BCUT2D eigenvalue weighted by molar-refractivity contribution is 0.0782. The molecule has 122 valence electrons. The molecule has 2 aliphatic rings. The van der Waals surface area contributed by atoms with Gasteiger partial charge in [-0.1, -0.05) is 0 Å². The van der Waals surface area contributed by atoms with Crippen molar-refractivity contribution >= 4 is 22.6 Å². The SMILES string of the molecule is CN1CCC(CN2CCC(Oc3cc(I)ccn3)CC2)CC1. The molecule has 2 fully saturated rings. The van der Waals surface area contributed by atoms with Gasteiger partial charge in [0, 0.05) is 35.5 Å². The molecule has 0 amide bonds. The number of hydrogen-bond donors (Lipinski definition) is 0. The van der Waals surface area contributed by atoms with E-state index in [4.69, 9.17) is 4.74 Å². The molecule has 0 bridgehead atoms. The van der Waals surface area contributed by atoms with Crippen LogP contribution in [0.15, 0.2) is 18.3 Å². The van der Waals surface area contributed by atoms with Crippen molar-refractivity contribution in [1.29, 1.82) is 0 Å². The Bertz CT molecular complexity index is 469. The van der Waals surface area contributed by atoms with Gasteiger partial charge in [0.25, 0.3) is 0 Å². The zero-order valence-corrected chi connectivity index (χ0v) is 15.5. The highest BCUT2D eigenvalue weighted by molar-refractivity contribution is 14.1. The summed E-state index contributed by atoms with van der Waals surface area (Å²) in [6, 6.07) is 4.02. The van der Waals surface area contributed by atoms with E-state index in [1.807, 2.05) is 18.3 Å². The number of nitrogens with zero attached hydrogens (tertiary/aromatic N) is 3. The van der Waals surface area contributed by atoms with Crippen LogP contribution >= 0.6 is 22.6 Å². The standard InChI is InChI=1S/C17H26IN3O/c1-20-8-3-14(4-9-20)13-21-10-5-16(6-11-21)22-17-12-15(18)2-7-19-17/h2,7,12,14,16H,3-6,8-11,13H2,1H3. The summed E-state index contributed by atoms with van der Waals surface area (Å²) < 4.78 is 7.22. The van der Waals surface area contributed by atoms with E-state index in [-0.39, 0.29) is 0 Å². The van der Waals surface area contributed by atoms with E-state index in [1.54, 1.807) is 0 Å². The highest BCUT2D eigenvalue weighted by atomic mass is 127. The summed E-state index contributed by atoms with van der Waals surface area (Å²) in [5.41, 5.74) is 0. The molecule has 0 saturated carbocycles. The van der Waals surface area contributed by atoms with Crippen LogP contribution in [0.2, 0.25) is 0 Å². The van der Waals surface area contributed by atoms with Gasteiger partial charge in [0.05, 0.1) is 0 Å². The maximum Gasteiger partial charge on any atom is 0.214 e. The largest absolute Gasteiger partial charge is 0.474 e. The fraction of sp³-hybridized carbons (Fsp3) is 0.706. The van der Waals surface area contributed by atoms with Gasteiger partial charge in [-0.25, -0.2) is 4.98 Å². The van der Waals surface area contributed by atoms with Crippen LogP contribution in [0.1, 0.15) is 25.7 Å². The van der Waals surface area contributed by atoms with Crippen molar-refractivity contribution in [2.24, 2.45) is 5.92 Å². The van der Waals surface area contributed by atoms with Gasteiger partial charge in [0.1, 0.15) is 6.10 Å². The van der Waals surface area contributed by atoms with Gasteiger partial charge >= 0.3 is 0 Å². The van der Waals surface area contributed by atoms with Gasteiger partial charge in [0.15, 0.2) is 0 Å². The van der Waals surface area contributed by atoms with Crippen LogP contribution in [0.5, 0.6) is 5.88 Å². The molecular formula is C17H26IN3O. The molecule has 1 aromatic rings. The molecule has 3 heterocycles. The van der Waals surface area contributed by atoms with Crippen molar-refractivity contribution in [3.63, 3.8) is 0 Å². The maximum absolute atomic E-state index is 6.04. The van der Waals surface area contributed by atoms with Gasteiger partial charge < -0.3 is 14.5 Å². The molecular weight excluding hydrogens is 389 g/mol. The highest BCUT2D eigenvalue weighted by Gasteiger charge is 2.24. The first-order chi connectivity index (χ1) is 10.7. The van der Waals surface area contributed by atoms with E-state index in [2.05, 4.69) is 44.4 Å². The van der Waals surface area contributed by atoms with Crippen molar-refractivity contribution in [3.05, 3.63) is 21.9 Å². The summed E-state index contributed by atoms with van der Waals surface area (Å²) in [5.74, 6) is 1.67. The van der Waals surface area contributed by atoms with Crippen molar-refractivity contribution in [3.8, 4) is 5.88 Å². The molecule has 3 rings (SSSR count). The van der Waals surface area contributed by atoms with E-state index < -0.39 is 0 Å². The summed E-state index contributed by atoms with van der Waals surface area (Å²) in [6.07, 6.45) is 7.13. The predicted octanol–water partition coefficient (Wildman–Crippen LogP) is 2.87. The molecule has 22 heavy (non-hydrogen) atoms. The lowest BCUT2D eigenvalue weighted by Crippen LogP contribution is -2.42. The van der Waals surface area contributed by atoms with Crippen LogP contribution in [-0.2, 0) is 0 Å². The summed E-state index contributed by atoms with van der Waals surface area (Å²) in [5, 5.41) is 0. The average Bonchev–Trinajstić information content (AvgIpc) is 2.52. The van der Waals surface area contributed by atoms with Crippen molar-refractivity contribution < 1.29 is 4.74 Å². The normalized spacial score (nSPS) is 22.8. The summed E-state index contributed by atoms with van der Waals surface area (Å²) >= 11 is 2.30. The predicted molar refractivity (Wildman–Crippen MR) is 97.3 cm³/mol. The number of piperidine rings is 2. The molecule has 0 radical (unpaired) electrons. The van der Waals surface area contributed by atoms with Gasteiger partial charge in [0.2, 0.25) is 5.88 Å². The molecule has 0 atom stereocenters. The Morgan fingerprint density at radius 3 is 2.59 bits per heavy atom. The van der Waals surface area contributed by atoms with E-state index in [0.717, 1.165) is 24.6 Å². The number of likely N-dealkylation sites (tertiary alicyclic amines) is 2. The maximum atomic E-state index is 6.04. The van der Waals surface area contributed by atoms with E-state index >= 15 is 0 Å². The first-order valence-corrected chi connectivity index (χ1v) is 9.46. The minimum Gasteiger partial charge on any atom is -0.474 e. The van der Waals surface area contributed by atoms with Gasteiger partial charge in [-0.15, -0.1) is 0 Å². The molecule has 0 N–H and O–H groups in total. The average molecular weight is 415 g/mol. The van der Waals surface area contributed by atoms with Crippen LogP contribution in [0.4, 0.5) is 0 Å². The zero-order valence-electron chi connectivity index (χ0n) is 13.4. The molecule has 4 nitrogen and oxygen atoms in total. The number of rotatable bonds is 4. The van der Waals surface area contributed by atoms with Gasteiger partial charge in [-0.3, -0.25) is 0 Å². The minimum absolute atomic E-state index is 0.333. The second kappa shape index (κ2) is 7.93. The first kappa shape index (κ1) is 16.5. The van der Waals surface area contributed by atoms with Crippen LogP contribution < -0.4 is 4.74 Å². The summed E-state index contributed by atoms with van der Waals surface area (Å²) in [7, 11) is 2.23. The Kier molecular flexibility index (Phi) is 5.93. The van der Waals surface area contributed by atoms with E-state index in [1.165, 1.54) is 49.1 Å². The van der Waals surface area contributed by atoms with Crippen molar-refractivity contribution in [2.75, 3.05) is 39.8 Å². The Morgan fingerprint density at radius 1 is 1.18 bits per heavy atom. The fourth-order valence-corrected chi connectivity index (χ4v) is 3.87. The van der Waals surface area contributed by atoms with E-state index in [9.17, 15) is 0 Å². The lowest BCUT2D eigenvalue weighted by Gasteiger charge is -2.36. The third-order valence-electron chi connectivity index (χ3n) is 4.87. The Morgan fingerprint density at radius 2 is 1.91 bits per heavy atom. The fourth-order valence-electron chi connectivity index (χ4n) is 3.44. The van der Waals surface area contributed by atoms with Crippen LogP contribution in [0, 0.1) is 9.49 Å². The van der Waals surface area contributed by atoms with Gasteiger partial charge in [-0.05, 0) is 80.4 Å². The third kappa shape index (κ3) is 4.80. The number of hydrogen-bond acceptors (Lipinski definition) is 4. The van der Waals surface area contributed by atoms with Crippen LogP contribution in [0.25, 0.3) is 0 Å². The zero-order chi connectivity index (χ0) is 15.4. The monoisotopic (exact) mass is 415 g/mol. The topological polar surface area (TPSA) is 28.6 Å². The molecule has 2 saturated heterocycles. The smallest absolute Gasteiger partial charge is 0.214 e. The van der Waals surface area contributed by atoms with Crippen LogP contribution in [0.3, 0.4) is 0 Å². The first-order valence-electron chi connectivity index (χ1n) is 8.38.